The fraction of sp³-hybridized carbons (Fsp3) is 0.429. The standard InChI is InChI=1S/C21H26N2O3S/c1-3-26-21(25)19-17(16-8-6-15(2)7-9-16)14-27-20(19)22-18(24)10-13-23-11-4-5-12-23/h6-9,14H,3-5,10-13H2,1-2H3,(H,22,24). The molecule has 2 aromatic rings. The van der Waals surface area contributed by atoms with E-state index in [9.17, 15) is 9.59 Å². The van der Waals surface area contributed by atoms with Gasteiger partial charge in [-0.2, -0.15) is 0 Å². The van der Waals surface area contributed by atoms with Crippen LogP contribution in [0.2, 0.25) is 0 Å². The minimum atomic E-state index is -0.399. The van der Waals surface area contributed by atoms with E-state index < -0.39 is 5.97 Å². The maximum Gasteiger partial charge on any atom is 0.341 e. The molecule has 1 amide bonds. The SMILES string of the molecule is CCOC(=O)c1c(-c2ccc(C)cc2)csc1NC(=O)CCN1CCCC1. The fourth-order valence-corrected chi connectivity index (χ4v) is 4.23. The van der Waals surface area contributed by atoms with Crippen LogP contribution in [0.1, 0.15) is 42.1 Å². The maximum atomic E-state index is 12.6. The number of aryl methyl sites for hydroxylation is 1. The summed E-state index contributed by atoms with van der Waals surface area (Å²) in [6.07, 6.45) is 2.85. The number of likely N-dealkylation sites (tertiary alicyclic amines) is 1. The molecule has 1 N–H and O–H groups in total. The molecular weight excluding hydrogens is 360 g/mol. The summed E-state index contributed by atoms with van der Waals surface area (Å²) in [5, 5.41) is 5.40. The molecule has 0 atom stereocenters. The zero-order valence-electron chi connectivity index (χ0n) is 15.9. The zero-order chi connectivity index (χ0) is 19.2. The van der Waals surface area contributed by atoms with E-state index in [4.69, 9.17) is 4.74 Å². The van der Waals surface area contributed by atoms with E-state index >= 15 is 0 Å². The lowest BCUT2D eigenvalue weighted by Gasteiger charge is -2.14. The molecule has 0 bridgehead atoms. The third-order valence-corrected chi connectivity index (χ3v) is 5.64. The first-order valence-electron chi connectivity index (χ1n) is 9.46. The molecule has 0 unspecified atom stereocenters. The van der Waals surface area contributed by atoms with Gasteiger partial charge < -0.3 is 15.0 Å². The Balaban J connectivity index is 1.78. The van der Waals surface area contributed by atoms with Crippen LogP contribution in [0, 0.1) is 6.92 Å². The predicted molar refractivity (Wildman–Crippen MR) is 109 cm³/mol. The van der Waals surface area contributed by atoms with Crippen LogP contribution in [0.5, 0.6) is 0 Å². The number of anilines is 1. The Kier molecular flexibility index (Phi) is 6.63. The Morgan fingerprint density at radius 1 is 1.19 bits per heavy atom. The Hall–Kier alpha value is -2.18. The summed E-state index contributed by atoms with van der Waals surface area (Å²) < 4.78 is 5.24. The largest absolute Gasteiger partial charge is 0.462 e. The first-order chi connectivity index (χ1) is 13.1. The fourth-order valence-electron chi connectivity index (χ4n) is 3.26. The molecule has 6 heteroatoms. The van der Waals surface area contributed by atoms with Crippen molar-refractivity contribution in [2.45, 2.75) is 33.1 Å². The quantitative estimate of drug-likeness (QED) is 0.720. The molecule has 0 spiro atoms. The highest BCUT2D eigenvalue weighted by Crippen LogP contribution is 2.36. The van der Waals surface area contributed by atoms with Gasteiger partial charge in [0.2, 0.25) is 5.91 Å². The Morgan fingerprint density at radius 3 is 2.56 bits per heavy atom. The summed E-state index contributed by atoms with van der Waals surface area (Å²) in [6.45, 7) is 7.00. The normalized spacial score (nSPS) is 14.3. The lowest BCUT2D eigenvalue weighted by atomic mass is 10.0. The number of amides is 1. The maximum absolute atomic E-state index is 12.6. The molecular formula is C21H26N2O3S. The smallest absolute Gasteiger partial charge is 0.341 e. The van der Waals surface area contributed by atoms with E-state index in [0.29, 0.717) is 23.6 Å². The van der Waals surface area contributed by atoms with Crippen molar-refractivity contribution >= 4 is 28.2 Å². The van der Waals surface area contributed by atoms with Gasteiger partial charge in [0.1, 0.15) is 10.6 Å². The monoisotopic (exact) mass is 386 g/mol. The van der Waals surface area contributed by atoms with Gasteiger partial charge in [-0.05, 0) is 45.3 Å². The van der Waals surface area contributed by atoms with Crippen LogP contribution in [0.15, 0.2) is 29.6 Å². The van der Waals surface area contributed by atoms with Gasteiger partial charge in [0, 0.05) is 23.9 Å². The second kappa shape index (κ2) is 9.15. The van der Waals surface area contributed by atoms with Crippen LogP contribution >= 0.6 is 11.3 Å². The van der Waals surface area contributed by atoms with Crippen molar-refractivity contribution in [2.75, 3.05) is 31.6 Å². The van der Waals surface area contributed by atoms with Gasteiger partial charge in [-0.15, -0.1) is 11.3 Å². The van der Waals surface area contributed by atoms with E-state index in [1.54, 1.807) is 6.92 Å². The van der Waals surface area contributed by atoms with E-state index in [1.807, 2.05) is 36.6 Å². The number of rotatable bonds is 7. The first kappa shape index (κ1) is 19.6. The Labute approximate surface area is 164 Å². The number of benzene rings is 1. The number of carbonyl (C=O) groups is 2. The highest BCUT2D eigenvalue weighted by molar-refractivity contribution is 7.15. The number of nitrogens with zero attached hydrogens (tertiary/aromatic N) is 1. The number of thiophene rings is 1. The van der Waals surface area contributed by atoms with Gasteiger partial charge in [0.25, 0.3) is 0 Å². The van der Waals surface area contributed by atoms with Gasteiger partial charge in [0.15, 0.2) is 0 Å². The van der Waals surface area contributed by atoms with Crippen LogP contribution in [0.25, 0.3) is 11.1 Å². The summed E-state index contributed by atoms with van der Waals surface area (Å²) in [5.74, 6) is -0.464. The van der Waals surface area contributed by atoms with Crippen molar-refractivity contribution in [1.29, 1.82) is 0 Å². The lowest BCUT2D eigenvalue weighted by Crippen LogP contribution is -2.25. The van der Waals surface area contributed by atoms with Crippen molar-refractivity contribution in [3.8, 4) is 11.1 Å². The first-order valence-corrected chi connectivity index (χ1v) is 10.3. The van der Waals surface area contributed by atoms with Crippen LogP contribution in [0.3, 0.4) is 0 Å². The van der Waals surface area contributed by atoms with Crippen molar-refractivity contribution in [1.82, 2.24) is 4.90 Å². The van der Waals surface area contributed by atoms with Crippen LogP contribution in [-0.4, -0.2) is 43.0 Å². The van der Waals surface area contributed by atoms with Crippen LogP contribution < -0.4 is 5.32 Å². The minimum absolute atomic E-state index is 0.0650. The highest BCUT2D eigenvalue weighted by atomic mass is 32.1. The molecule has 0 saturated carbocycles. The van der Waals surface area contributed by atoms with Gasteiger partial charge >= 0.3 is 5.97 Å². The predicted octanol–water partition coefficient (Wildman–Crippen LogP) is 4.32. The van der Waals surface area contributed by atoms with Crippen LogP contribution in [-0.2, 0) is 9.53 Å². The molecule has 144 valence electrons. The van der Waals surface area contributed by atoms with Gasteiger partial charge in [-0.1, -0.05) is 29.8 Å². The second-order valence-electron chi connectivity index (χ2n) is 6.79. The second-order valence-corrected chi connectivity index (χ2v) is 7.67. The van der Waals surface area contributed by atoms with Crippen molar-refractivity contribution in [3.05, 3.63) is 40.8 Å². The molecule has 1 aromatic heterocycles. The summed E-state index contributed by atoms with van der Waals surface area (Å²) in [7, 11) is 0. The average molecular weight is 387 g/mol. The van der Waals surface area contributed by atoms with E-state index in [0.717, 1.165) is 36.3 Å². The summed E-state index contributed by atoms with van der Waals surface area (Å²) >= 11 is 1.37. The Morgan fingerprint density at radius 2 is 1.89 bits per heavy atom. The molecule has 1 saturated heterocycles. The summed E-state index contributed by atoms with van der Waals surface area (Å²) in [4.78, 5) is 27.3. The number of carbonyl (C=O) groups excluding carboxylic acids is 2. The van der Waals surface area contributed by atoms with Crippen molar-refractivity contribution < 1.29 is 14.3 Å². The topological polar surface area (TPSA) is 58.6 Å². The Bertz CT molecular complexity index is 792. The minimum Gasteiger partial charge on any atom is -0.462 e. The van der Waals surface area contributed by atoms with Crippen LogP contribution in [0.4, 0.5) is 5.00 Å². The molecule has 1 fully saturated rings. The number of ether oxygens (including phenoxy) is 1. The highest BCUT2D eigenvalue weighted by Gasteiger charge is 2.23. The lowest BCUT2D eigenvalue weighted by molar-refractivity contribution is -0.116. The molecule has 1 aliphatic rings. The molecule has 1 aromatic carbocycles. The molecule has 5 nitrogen and oxygen atoms in total. The van der Waals surface area contributed by atoms with Crippen molar-refractivity contribution in [2.24, 2.45) is 0 Å². The summed E-state index contributed by atoms with van der Waals surface area (Å²) in [5.41, 5.74) is 3.34. The van der Waals surface area contributed by atoms with Gasteiger partial charge in [-0.3, -0.25) is 4.79 Å². The molecule has 1 aliphatic heterocycles. The van der Waals surface area contributed by atoms with Gasteiger partial charge in [-0.25, -0.2) is 4.79 Å². The zero-order valence-corrected chi connectivity index (χ0v) is 16.7. The molecule has 27 heavy (non-hydrogen) atoms. The average Bonchev–Trinajstić information content (AvgIpc) is 3.31. The number of hydrogen-bond acceptors (Lipinski definition) is 5. The number of esters is 1. The number of hydrogen-bond donors (Lipinski definition) is 1. The molecule has 0 radical (unpaired) electrons. The third-order valence-electron chi connectivity index (χ3n) is 4.74. The molecule has 3 rings (SSSR count). The summed E-state index contributed by atoms with van der Waals surface area (Å²) in [6, 6.07) is 7.99. The van der Waals surface area contributed by atoms with E-state index in [-0.39, 0.29) is 5.91 Å². The van der Waals surface area contributed by atoms with Gasteiger partial charge in [0.05, 0.1) is 6.61 Å². The molecule has 2 heterocycles. The molecule has 0 aliphatic carbocycles. The third kappa shape index (κ3) is 4.96. The van der Waals surface area contributed by atoms with Crippen molar-refractivity contribution in [3.63, 3.8) is 0 Å². The number of nitrogens with one attached hydrogen (secondary N) is 1. The van der Waals surface area contributed by atoms with E-state index in [1.165, 1.54) is 24.2 Å². The van der Waals surface area contributed by atoms with E-state index in [2.05, 4.69) is 10.2 Å².